The van der Waals surface area contributed by atoms with E-state index in [4.69, 9.17) is 4.42 Å². The smallest absolute Gasteiger partial charge is 0.216 e. The summed E-state index contributed by atoms with van der Waals surface area (Å²) in [6.45, 7) is 11.4. The van der Waals surface area contributed by atoms with Crippen LogP contribution in [0.25, 0.3) is 44.3 Å². The van der Waals surface area contributed by atoms with Gasteiger partial charge >= 0.3 is 0 Å². The van der Waals surface area contributed by atoms with Crippen molar-refractivity contribution in [2.45, 2.75) is 59.7 Å². The van der Waals surface area contributed by atoms with E-state index in [-0.39, 0.29) is 0 Å². The molecule has 5 aromatic rings. The normalized spacial score (nSPS) is 18.9. The van der Waals surface area contributed by atoms with E-state index in [0.29, 0.717) is 39.0 Å². The summed E-state index contributed by atoms with van der Waals surface area (Å²) in [7, 11) is 1.99. The minimum atomic E-state index is -2.02. The third-order valence-electron chi connectivity index (χ3n) is 7.61. The third-order valence-corrected chi connectivity index (χ3v) is 7.61. The van der Waals surface area contributed by atoms with E-state index >= 15 is 0 Å². The molecule has 0 spiro atoms. The summed E-state index contributed by atoms with van der Waals surface area (Å²) >= 11 is 0. The lowest BCUT2D eigenvalue weighted by Crippen LogP contribution is -2.30. The maximum Gasteiger partial charge on any atom is 0.216 e. The van der Waals surface area contributed by atoms with Gasteiger partial charge in [0.05, 0.1) is 17.2 Å². The van der Waals surface area contributed by atoms with Crippen molar-refractivity contribution in [2.75, 3.05) is 0 Å². The Morgan fingerprint density at radius 3 is 2.29 bits per heavy atom. The van der Waals surface area contributed by atoms with Crippen molar-refractivity contribution in [1.29, 1.82) is 5.26 Å². The number of hydrogen-bond acceptors (Lipinski definition) is 2. The van der Waals surface area contributed by atoms with Gasteiger partial charge in [0.15, 0.2) is 6.20 Å². The zero-order valence-electron chi connectivity index (χ0n) is 27.1. The molecule has 190 valence electrons. The molecule has 6 rings (SSSR count). The van der Waals surface area contributed by atoms with Crippen LogP contribution < -0.4 is 4.57 Å². The third kappa shape index (κ3) is 3.66. The fraction of sp³-hybridized carbons (Fsp3) is 0.314. The topological polar surface area (TPSA) is 40.8 Å². The summed E-state index contributed by atoms with van der Waals surface area (Å²) in [4.78, 5) is 0. The van der Waals surface area contributed by atoms with Crippen LogP contribution >= 0.6 is 0 Å². The Hall–Kier alpha value is -3.90. The average molecular weight is 504 g/mol. The molecule has 0 saturated carbocycles. The molecule has 0 fully saturated rings. The number of furan rings is 1. The van der Waals surface area contributed by atoms with Crippen LogP contribution in [0.5, 0.6) is 0 Å². The lowest BCUT2D eigenvalue weighted by atomic mass is 9.80. The molecule has 0 atom stereocenters. The van der Waals surface area contributed by atoms with Gasteiger partial charge in [-0.15, -0.1) is 0 Å². The highest BCUT2D eigenvalue weighted by Crippen LogP contribution is 2.48. The summed E-state index contributed by atoms with van der Waals surface area (Å²) in [6.07, 6.45) is -1.98. The minimum absolute atomic E-state index is 0.306. The van der Waals surface area contributed by atoms with Crippen LogP contribution in [0.4, 0.5) is 0 Å². The van der Waals surface area contributed by atoms with Crippen molar-refractivity contribution >= 4 is 21.9 Å². The molecular formula is C35H35N2O+. The molecule has 1 aliphatic carbocycles. The molecule has 0 radical (unpaired) electrons. The van der Waals surface area contributed by atoms with Gasteiger partial charge in [-0.3, -0.25) is 0 Å². The fourth-order valence-electron chi connectivity index (χ4n) is 5.82. The van der Waals surface area contributed by atoms with Gasteiger partial charge in [-0.25, -0.2) is 4.57 Å². The predicted molar refractivity (Wildman–Crippen MR) is 155 cm³/mol. The predicted octanol–water partition coefficient (Wildman–Crippen LogP) is 8.35. The average Bonchev–Trinajstić information content (AvgIpc) is 3.34. The Labute approximate surface area is 231 Å². The molecule has 38 heavy (non-hydrogen) atoms. The van der Waals surface area contributed by atoms with Crippen LogP contribution in [0, 0.1) is 23.7 Å². The Morgan fingerprint density at radius 2 is 1.61 bits per heavy atom. The van der Waals surface area contributed by atoms with E-state index in [1.807, 2.05) is 88.0 Å². The van der Waals surface area contributed by atoms with Crippen molar-refractivity contribution in [1.82, 2.24) is 0 Å². The molecule has 0 bridgehead atoms. The van der Waals surface area contributed by atoms with Gasteiger partial charge in [0, 0.05) is 34.0 Å². The number of rotatable bonds is 2. The molecule has 0 unspecified atom stereocenters. The monoisotopic (exact) mass is 503 g/mol. The van der Waals surface area contributed by atoms with E-state index in [1.54, 1.807) is 19.9 Å². The Kier molecular flexibility index (Phi) is 4.39. The number of aryl methyl sites for hydroxylation is 2. The second kappa shape index (κ2) is 8.30. The van der Waals surface area contributed by atoms with Crippen LogP contribution in [0.15, 0.2) is 65.2 Å². The fourth-order valence-corrected chi connectivity index (χ4v) is 5.82. The molecule has 0 aliphatic heterocycles. The lowest BCUT2D eigenvalue weighted by molar-refractivity contribution is -0.660. The SMILES string of the molecule is [2H]C1([2H])c2c(-c3c(C#N)ccc4c3oc3c(-c5cccc[n+]5C)c(C)ccc34)ccc(C(C)(C)C)c2C([2H])([2H])C1(C)C. The van der Waals surface area contributed by atoms with Gasteiger partial charge in [0.25, 0.3) is 0 Å². The first-order valence-electron chi connectivity index (χ1n) is 15.1. The number of nitriles is 1. The highest BCUT2D eigenvalue weighted by Gasteiger charge is 2.35. The number of hydrogen-bond donors (Lipinski definition) is 0. The maximum atomic E-state index is 10.3. The quantitative estimate of drug-likeness (QED) is 0.227. The highest BCUT2D eigenvalue weighted by molar-refractivity contribution is 6.14. The lowest BCUT2D eigenvalue weighted by Gasteiger charge is -2.24. The van der Waals surface area contributed by atoms with Crippen molar-refractivity contribution < 1.29 is 14.5 Å². The molecule has 2 aromatic heterocycles. The highest BCUT2D eigenvalue weighted by atomic mass is 16.3. The first kappa shape index (κ1) is 20.1. The van der Waals surface area contributed by atoms with Crippen LogP contribution in [-0.2, 0) is 25.2 Å². The molecule has 3 aromatic carbocycles. The van der Waals surface area contributed by atoms with Crippen LogP contribution in [0.3, 0.4) is 0 Å². The van der Waals surface area contributed by atoms with Crippen LogP contribution in [0.2, 0.25) is 0 Å². The van der Waals surface area contributed by atoms with Gasteiger partial charge < -0.3 is 4.42 Å². The first-order chi connectivity index (χ1) is 19.6. The maximum absolute atomic E-state index is 10.3. The largest absolute Gasteiger partial charge is 0.454 e. The second-order valence-corrected chi connectivity index (χ2v) is 11.9. The Morgan fingerprint density at radius 1 is 0.921 bits per heavy atom. The number of aromatic nitrogens is 1. The van der Waals surface area contributed by atoms with Gasteiger partial charge in [-0.2, -0.15) is 5.26 Å². The van der Waals surface area contributed by atoms with Crippen LogP contribution in [-0.4, -0.2) is 0 Å². The zero-order valence-corrected chi connectivity index (χ0v) is 23.1. The summed E-state index contributed by atoms with van der Waals surface area (Å²) in [6, 6.07) is 19.9. The van der Waals surface area contributed by atoms with Crippen molar-refractivity contribution in [3.8, 4) is 28.5 Å². The second-order valence-electron chi connectivity index (χ2n) is 11.9. The molecule has 0 N–H and O–H groups in total. The molecule has 2 heterocycles. The number of nitrogens with zero attached hydrogens (tertiary/aromatic N) is 2. The molecule has 0 amide bonds. The van der Waals surface area contributed by atoms with E-state index in [2.05, 4.69) is 12.1 Å². The van der Waals surface area contributed by atoms with Crippen molar-refractivity contribution in [2.24, 2.45) is 12.5 Å². The number of benzene rings is 3. The first-order valence-corrected chi connectivity index (χ1v) is 13.1. The number of pyridine rings is 1. The summed E-state index contributed by atoms with van der Waals surface area (Å²) in [5, 5.41) is 12.1. The van der Waals surface area contributed by atoms with E-state index in [1.165, 1.54) is 0 Å². The molecular weight excluding hydrogens is 464 g/mol. The van der Waals surface area contributed by atoms with Crippen molar-refractivity contribution in [3.05, 3.63) is 88.6 Å². The molecule has 0 saturated heterocycles. The van der Waals surface area contributed by atoms with E-state index in [9.17, 15) is 10.7 Å². The minimum Gasteiger partial charge on any atom is -0.454 e. The van der Waals surface area contributed by atoms with Gasteiger partial charge in [0.1, 0.15) is 18.2 Å². The summed E-state index contributed by atoms with van der Waals surface area (Å²) < 4.78 is 46.1. The number of fused-ring (bicyclic) bond motifs is 4. The molecule has 3 heteroatoms. The summed E-state index contributed by atoms with van der Waals surface area (Å²) in [5.41, 5.74) is 5.23. The molecule has 3 nitrogen and oxygen atoms in total. The van der Waals surface area contributed by atoms with E-state index in [0.717, 1.165) is 33.2 Å². The Balaban J connectivity index is 1.79. The zero-order chi connectivity index (χ0) is 30.6. The van der Waals surface area contributed by atoms with Crippen LogP contribution in [0.1, 0.15) is 67.9 Å². The van der Waals surface area contributed by atoms with Gasteiger partial charge in [-0.05, 0) is 76.5 Å². The Bertz CT molecular complexity index is 1990. The van der Waals surface area contributed by atoms with E-state index < -0.39 is 23.6 Å². The van der Waals surface area contributed by atoms with Crippen molar-refractivity contribution in [3.63, 3.8) is 0 Å². The van der Waals surface area contributed by atoms with Gasteiger partial charge in [0.2, 0.25) is 5.69 Å². The standard InChI is InChI=1S/C35H35N2O/c1-21-11-13-24-25-14-12-22(20-36)31(33(25)38-32(24)30(21)29-10-8-9-17-37(29)7)23-15-16-28(34(2,3)4)27-19-35(5,6)18-26(23)27/h8-17H,18-19H2,1-7H3/q+1/i18D2,19D2. The van der Waals surface area contributed by atoms with Gasteiger partial charge in [-0.1, -0.05) is 58.9 Å². The summed E-state index contributed by atoms with van der Waals surface area (Å²) in [5.74, 6) is 0. The molecule has 1 aliphatic rings.